The van der Waals surface area contributed by atoms with Gasteiger partial charge in [0.1, 0.15) is 6.54 Å². The number of hydrogen-bond acceptors (Lipinski definition) is 3. The average Bonchev–Trinajstić information content (AvgIpc) is 2.61. The van der Waals surface area contributed by atoms with E-state index in [0.717, 1.165) is 21.3 Å². The molecule has 0 saturated carbocycles. The smallest absolute Gasteiger partial charge is 0.245 e. The molecular weight excluding hydrogens is 407 g/mol. The Morgan fingerprint density at radius 3 is 2.48 bits per heavy atom. The molecule has 0 unspecified atom stereocenters. The highest BCUT2D eigenvalue weighted by atomic mass is 35.5. The molecule has 1 amide bonds. The highest BCUT2D eigenvalue weighted by molar-refractivity contribution is 7.92. The van der Waals surface area contributed by atoms with Crippen LogP contribution in [0.1, 0.15) is 0 Å². The Morgan fingerprint density at radius 2 is 1.74 bits per heavy atom. The van der Waals surface area contributed by atoms with Gasteiger partial charge < -0.3 is 5.32 Å². The molecule has 8 heteroatoms. The van der Waals surface area contributed by atoms with Gasteiger partial charge in [0, 0.05) is 10.4 Å². The van der Waals surface area contributed by atoms with E-state index >= 15 is 0 Å². The van der Waals surface area contributed by atoms with Crippen molar-refractivity contribution in [2.45, 2.75) is 0 Å². The van der Waals surface area contributed by atoms with Gasteiger partial charge in [-0.1, -0.05) is 59.6 Å². The summed E-state index contributed by atoms with van der Waals surface area (Å²) in [6, 6.07) is 17.3. The van der Waals surface area contributed by atoms with Crippen LogP contribution in [-0.4, -0.2) is 27.1 Å². The van der Waals surface area contributed by atoms with Gasteiger partial charge in [-0.05, 0) is 29.7 Å². The summed E-state index contributed by atoms with van der Waals surface area (Å²) in [6.07, 6.45) is 1.06. The van der Waals surface area contributed by atoms with Crippen LogP contribution in [0.4, 0.5) is 11.4 Å². The highest BCUT2D eigenvalue weighted by Gasteiger charge is 2.23. The summed E-state index contributed by atoms with van der Waals surface area (Å²) >= 11 is 12.0. The number of anilines is 2. The van der Waals surface area contributed by atoms with Crippen LogP contribution in [0.5, 0.6) is 0 Å². The minimum absolute atomic E-state index is 0.309. The van der Waals surface area contributed by atoms with Crippen LogP contribution < -0.4 is 9.62 Å². The Balaban J connectivity index is 1.94. The number of rotatable bonds is 5. The van der Waals surface area contributed by atoms with Gasteiger partial charge in [0.15, 0.2) is 0 Å². The van der Waals surface area contributed by atoms with Crippen molar-refractivity contribution in [1.82, 2.24) is 0 Å². The zero-order valence-corrected chi connectivity index (χ0v) is 16.6. The van der Waals surface area contributed by atoms with Crippen molar-refractivity contribution >= 4 is 61.3 Å². The monoisotopic (exact) mass is 422 g/mol. The molecule has 0 aliphatic rings. The van der Waals surface area contributed by atoms with E-state index in [2.05, 4.69) is 5.32 Å². The van der Waals surface area contributed by atoms with E-state index in [0.29, 0.717) is 21.4 Å². The number of fused-ring (bicyclic) bond motifs is 1. The molecule has 0 aliphatic heterocycles. The van der Waals surface area contributed by atoms with Crippen molar-refractivity contribution in [3.05, 3.63) is 70.7 Å². The molecule has 0 atom stereocenters. The molecule has 0 bridgehead atoms. The normalized spacial score (nSPS) is 11.4. The molecule has 1 N–H and O–H groups in total. The lowest BCUT2D eigenvalue weighted by Gasteiger charge is -2.23. The second-order valence-electron chi connectivity index (χ2n) is 5.94. The summed E-state index contributed by atoms with van der Waals surface area (Å²) in [5, 5.41) is 4.94. The van der Waals surface area contributed by atoms with E-state index in [-0.39, 0.29) is 0 Å². The van der Waals surface area contributed by atoms with Gasteiger partial charge in [0.2, 0.25) is 15.9 Å². The molecule has 0 radical (unpaired) electrons. The molecule has 3 aromatic rings. The number of nitrogens with zero attached hydrogens (tertiary/aromatic N) is 1. The van der Waals surface area contributed by atoms with E-state index in [1.165, 1.54) is 6.07 Å². The third-order valence-electron chi connectivity index (χ3n) is 3.93. The van der Waals surface area contributed by atoms with Crippen LogP contribution in [0.3, 0.4) is 0 Å². The molecule has 0 aliphatic carbocycles. The molecule has 3 rings (SSSR count). The maximum Gasteiger partial charge on any atom is 0.245 e. The maximum absolute atomic E-state index is 12.5. The van der Waals surface area contributed by atoms with Gasteiger partial charge >= 0.3 is 0 Å². The zero-order valence-electron chi connectivity index (χ0n) is 14.3. The largest absolute Gasteiger partial charge is 0.323 e. The van der Waals surface area contributed by atoms with Gasteiger partial charge in [-0.25, -0.2) is 8.42 Å². The predicted molar refractivity (Wildman–Crippen MR) is 111 cm³/mol. The maximum atomic E-state index is 12.5. The minimum Gasteiger partial charge on any atom is -0.323 e. The lowest BCUT2D eigenvalue weighted by molar-refractivity contribution is -0.114. The molecule has 5 nitrogen and oxygen atoms in total. The van der Waals surface area contributed by atoms with Crippen LogP contribution in [0.15, 0.2) is 60.7 Å². The Bertz CT molecular complexity index is 1110. The number of sulfonamides is 1. The number of nitrogens with one attached hydrogen (secondary N) is 1. The quantitative estimate of drug-likeness (QED) is 0.655. The Hall–Kier alpha value is -2.28. The minimum atomic E-state index is -3.70. The lowest BCUT2D eigenvalue weighted by atomic mass is 10.1. The Labute approximate surface area is 167 Å². The van der Waals surface area contributed by atoms with Crippen molar-refractivity contribution in [3.8, 4) is 0 Å². The molecule has 0 aromatic heterocycles. The standard InChI is InChI=1S/C19H16Cl2N2O3S/c1-27(25,26)23(18-8-4-6-13-5-2-3-7-15(13)18)12-19(24)22-17-11-14(20)9-10-16(17)21/h2-11H,12H2,1H3,(H,22,24). The number of carbonyl (C=O) groups excluding carboxylic acids is 1. The van der Waals surface area contributed by atoms with Gasteiger partial charge in [-0.2, -0.15) is 0 Å². The van der Waals surface area contributed by atoms with Crippen molar-refractivity contribution in [1.29, 1.82) is 0 Å². The van der Waals surface area contributed by atoms with E-state index in [1.807, 2.05) is 30.3 Å². The second-order valence-corrected chi connectivity index (χ2v) is 8.69. The van der Waals surface area contributed by atoms with E-state index in [9.17, 15) is 13.2 Å². The zero-order chi connectivity index (χ0) is 19.6. The number of halogens is 2. The number of hydrogen-bond donors (Lipinski definition) is 1. The van der Waals surface area contributed by atoms with Crippen molar-refractivity contribution in [3.63, 3.8) is 0 Å². The summed E-state index contributed by atoms with van der Waals surface area (Å²) in [6.45, 7) is -0.393. The van der Waals surface area contributed by atoms with Crippen molar-refractivity contribution in [2.24, 2.45) is 0 Å². The summed E-state index contributed by atoms with van der Waals surface area (Å²) in [5.74, 6) is -0.530. The third kappa shape index (κ3) is 4.53. The summed E-state index contributed by atoms with van der Waals surface area (Å²) < 4.78 is 25.8. The van der Waals surface area contributed by atoms with Crippen molar-refractivity contribution in [2.75, 3.05) is 22.4 Å². The van der Waals surface area contributed by atoms with Crippen LogP contribution in [0.2, 0.25) is 10.0 Å². The lowest BCUT2D eigenvalue weighted by Crippen LogP contribution is -2.37. The first-order valence-electron chi connectivity index (χ1n) is 7.96. The van der Waals surface area contributed by atoms with Crippen LogP contribution in [0, 0.1) is 0 Å². The number of amides is 1. The Morgan fingerprint density at radius 1 is 1.04 bits per heavy atom. The fourth-order valence-corrected chi connectivity index (χ4v) is 3.93. The summed E-state index contributed by atoms with van der Waals surface area (Å²) in [5.41, 5.74) is 0.753. The topological polar surface area (TPSA) is 66.5 Å². The number of carbonyl (C=O) groups is 1. The fraction of sp³-hybridized carbons (Fsp3) is 0.105. The highest BCUT2D eigenvalue weighted by Crippen LogP contribution is 2.29. The SMILES string of the molecule is CS(=O)(=O)N(CC(=O)Nc1cc(Cl)ccc1Cl)c1cccc2ccccc12. The van der Waals surface area contributed by atoms with Gasteiger partial charge in [-0.3, -0.25) is 9.10 Å². The summed E-state index contributed by atoms with van der Waals surface area (Å²) in [7, 11) is -3.70. The van der Waals surface area contributed by atoms with E-state index < -0.39 is 22.5 Å². The van der Waals surface area contributed by atoms with Gasteiger partial charge in [-0.15, -0.1) is 0 Å². The van der Waals surface area contributed by atoms with Crippen molar-refractivity contribution < 1.29 is 13.2 Å². The molecule has 140 valence electrons. The average molecular weight is 423 g/mol. The molecule has 0 heterocycles. The fourth-order valence-electron chi connectivity index (χ4n) is 2.72. The first-order valence-corrected chi connectivity index (χ1v) is 10.6. The van der Waals surface area contributed by atoms with Crippen LogP contribution in [-0.2, 0) is 14.8 Å². The number of benzene rings is 3. The summed E-state index contributed by atoms with van der Waals surface area (Å²) in [4.78, 5) is 12.5. The third-order valence-corrected chi connectivity index (χ3v) is 5.62. The molecular formula is C19H16Cl2N2O3S. The van der Waals surface area contributed by atoms with Crippen LogP contribution in [0.25, 0.3) is 10.8 Å². The molecule has 3 aromatic carbocycles. The molecule has 27 heavy (non-hydrogen) atoms. The molecule has 0 saturated heterocycles. The molecule has 0 fully saturated rings. The van der Waals surface area contributed by atoms with E-state index in [4.69, 9.17) is 23.2 Å². The van der Waals surface area contributed by atoms with Gasteiger partial charge in [0.05, 0.1) is 22.7 Å². The second kappa shape index (κ2) is 7.76. The van der Waals surface area contributed by atoms with E-state index in [1.54, 1.807) is 24.3 Å². The predicted octanol–water partition coefficient (Wildman–Crippen LogP) is 4.55. The Kier molecular flexibility index (Phi) is 5.60. The van der Waals surface area contributed by atoms with Crippen LogP contribution >= 0.6 is 23.2 Å². The molecule has 0 spiro atoms. The van der Waals surface area contributed by atoms with Gasteiger partial charge in [0.25, 0.3) is 0 Å². The first-order chi connectivity index (χ1) is 12.8. The first kappa shape index (κ1) is 19.5.